The van der Waals surface area contributed by atoms with Gasteiger partial charge in [-0.3, -0.25) is 0 Å². The van der Waals surface area contributed by atoms with Crippen LogP contribution >= 0.6 is 11.6 Å². The van der Waals surface area contributed by atoms with E-state index in [0.717, 1.165) is 6.54 Å². The zero-order chi connectivity index (χ0) is 11.3. The quantitative estimate of drug-likeness (QED) is 0.762. The molecule has 1 rings (SSSR count). The molecule has 0 bridgehead atoms. The average molecular weight is 228 g/mol. The highest BCUT2D eigenvalue weighted by atomic mass is 35.5. The van der Waals surface area contributed by atoms with E-state index in [1.807, 2.05) is 6.92 Å². The molecule has 1 aromatic carbocycles. The van der Waals surface area contributed by atoms with Gasteiger partial charge in [0.1, 0.15) is 5.82 Å². The zero-order valence-electron chi connectivity index (χ0n) is 8.76. The van der Waals surface area contributed by atoms with Gasteiger partial charge in [-0.15, -0.1) is 6.58 Å². The lowest BCUT2D eigenvalue weighted by atomic mass is 10.1. The molecular weight excluding hydrogens is 213 g/mol. The van der Waals surface area contributed by atoms with Crippen molar-refractivity contribution in [3.63, 3.8) is 0 Å². The second-order valence-corrected chi connectivity index (χ2v) is 3.71. The minimum absolute atomic E-state index is 0.0596. The van der Waals surface area contributed by atoms with Crippen LogP contribution in [0.15, 0.2) is 30.9 Å². The lowest BCUT2D eigenvalue weighted by molar-refractivity contribution is 0.570. The summed E-state index contributed by atoms with van der Waals surface area (Å²) in [5, 5.41) is 3.66. The standard InChI is InChI=1S/C12H15ClFN/c1-3-9(15-4-2)8-10-11(13)6-5-7-12(10)14/h3,5-7,9,15H,1,4,8H2,2H3. The van der Waals surface area contributed by atoms with Crippen LogP contribution in [0.3, 0.4) is 0 Å². The van der Waals surface area contributed by atoms with E-state index < -0.39 is 0 Å². The van der Waals surface area contributed by atoms with Gasteiger partial charge in [0, 0.05) is 16.6 Å². The molecule has 0 aromatic heterocycles. The molecule has 0 aliphatic heterocycles. The number of rotatable bonds is 5. The molecule has 82 valence electrons. The molecule has 0 aliphatic carbocycles. The summed E-state index contributed by atoms with van der Waals surface area (Å²) in [6, 6.07) is 4.79. The molecule has 0 radical (unpaired) electrons. The van der Waals surface area contributed by atoms with Crippen molar-refractivity contribution < 1.29 is 4.39 Å². The largest absolute Gasteiger partial charge is 0.310 e. The van der Waals surface area contributed by atoms with Crippen molar-refractivity contribution in [1.29, 1.82) is 0 Å². The van der Waals surface area contributed by atoms with Gasteiger partial charge in [-0.2, -0.15) is 0 Å². The van der Waals surface area contributed by atoms with Crippen LogP contribution < -0.4 is 5.32 Å². The second-order valence-electron chi connectivity index (χ2n) is 3.30. The summed E-state index contributed by atoms with van der Waals surface area (Å²) in [6.07, 6.45) is 2.30. The summed E-state index contributed by atoms with van der Waals surface area (Å²) in [4.78, 5) is 0. The fourth-order valence-corrected chi connectivity index (χ4v) is 1.69. The van der Waals surface area contributed by atoms with E-state index in [0.29, 0.717) is 17.0 Å². The van der Waals surface area contributed by atoms with Crippen molar-refractivity contribution in [2.24, 2.45) is 0 Å². The smallest absolute Gasteiger partial charge is 0.127 e. The van der Waals surface area contributed by atoms with Crippen LogP contribution in [0.25, 0.3) is 0 Å². The molecule has 1 unspecified atom stereocenters. The molecule has 1 atom stereocenters. The summed E-state index contributed by atoms with van der Waals surface area (Å²) in [5.41, 5.74) is 0.546. The first-order chi connectivity index (χ1) is 7.19. The molecule has 1 nitrogen and oxygen atoms in total. The normalized spacial score (nSPS) is 12.5. The molecule has 0 saturated heterocycles. The van der Waals surface area contributed by atoms with Gasteiger partial charge in [-0.1, -0.05) is 30.7 Å². The highest BCUT2D eigenvalue weighted by molar-refractivity contribution is 6.31. The highest BCUT2D eigenvalue weighted by Gasteiger charge is 2.11. The van der Waals surface area contributed by atoms with Crippen molar-refractivity contribution in [2.45, 2.75) is 19.4 Å². The van der Waals surface area contributed by atoms with E-state index in [9.17, 15) is 4.39 Å². The Morgan fingerprint density at radius 2 is 2.33 bits per heavy atom. The Balaban J connectivity index is 2.82. The molecule has 0 fully saturated rings. The Bertz CT molecular complexity index is 318. The fraction of sp³-hybridized carbons (Fsp3) is 0.333. The summed E-state index contributed by atoms with van der Waals surface area (Å²) in [6.45, 7) is 6.53. The first-order valence-corrected chi connectivity index (χ1v) is 5.35. The van der Waals surface area contributed by atoms with Crippen LogP contribution in [0.4, 0.5) is 4.39 Å². The van der Waals surface area contributed by atoms with Crippen molar-refractivity contribution in [1.82, 2.24) is 5.32 Å². The van der Waals surface area contributed by atoms with Gasteiger partial charge in [-0.25, -0.2) is 4.39 Å². The van der Waals surface area contributed by atoms with Gasteiger partial charge in [0.25, 0.3) is 0 Å². The Labute approximate surface area is 95.0 Å². The number of hydrogen-bond acceptors (Lipinski definition) is 1. The third-order valence-electron chi connectivity index (χ3n) is 2.24. The van der Waals surface area contributed by atoms with Gasteiger partial charge in [0.2, 0.25) is 0 Å². The Morgan fingerprint density at radius 3 is 2.87 bits per heavy atom. The van der Waals surface area contributed by atoms with Crippen LogP contribution in [0.5, 0.6) is 0 Å². The molecule has 1 aromatic rings. The van der Waals surface area contributed by atoms with Crippen LogP contribution in [-0.2, 0) is 6.42 Å². The van der Waals surface area contributed by atoms with Crippen molar-refractivity contribution >= 4 is 11.6 Å². The van der Waals surface area contributed by atoms with Gasteiger partial charge in [0.05, 0.1) is 0 Å². The maximum Gasteiger partial charge on any atom is 0.127 e. The van der Waals surface area contributed by atoms with E-state index in [1.165, 1.54) is 6.07 Å². The van der Waals surface area contributed by atoms with Gasteiger partial charge >= 0.3 is 0 Å². The topological polar surface area (TPSA) is 12.0 Å². The van der Waals surface area contributed by atoms with Crippen LogP contribution in [0, 0.1) is 5.82 Å². The number of benzene rings is 1. The molecule has 15 heavy (non-hydrogen) atoms. The van der Waals surface area contributed by atoms with Crippen LogP contribution in [0.2, 0.25) is 5.02 Å². The lowest BCUT2D eigenvalue weighted by Gasteiger charge is -2.14. The maximum atomic E-state index is 13.4. The molecule has 1 N–H and O–H groups in total. The van der Waals surface area contributed by atoms with Crippen LogP contribution in [0.1, 0.15) is 12.5 Å². The summed E-state index contributed by atoms with van der Waals surface area (Å²) in [5.74, 6) is -0.257. The van der Waals surface area contributed by atoms with Crippen LogP contribution in [-0.4, -0.2) is 12.6 Å². The predicted molar refractivity (Wildman–Crippen MR) is 62.8 cm³/mol. The molecule has 0 amide bonds. The first kappa shape index (κ1) is 12.2. The van der Waals surface area contributed by atoms with Gasteiger partial charge in [-0.05, 0) is 25.1 Å². The first-order valence-electron chi connectivity index (χ1n) is 4.97. The molecular formula is C12H15ClFN. The molecule has 0 heterocycles. The SMILES string of the molecule is C=CC(Cc1c(F)cccc1Cl)NCC. The molecule has 3 heteroatoms. The Morgan fingerprint density at radius 1 is 1.60 bits per heavy atom. The predicted octanol–water partition coefficient (Wildman–Crippen LogP) is 3.19. The Hall–Kier alpha value is -0.860. The van der Waals surface area contributed by atoms with Gasteiger partial charge in [0.15, 0.2) is 0 Å². The van der Waals surface area contributed by atoms with E-state index >= 15 is 0 Å². The van der Waals surface area contributed by atoms with Gasteiger partial charge < -0.3 is 5.32 Å². The maximum absolute atomic E-state index is 13.4. The average Bonchev–Trinajstić information content (AvgIpc) is 2.22. The summed E-state index contributed by atoms with van der Waals surface area (Å²) in [7, 11) is 0. The Kier molecular flexibility index (Phi) is 4.79. The van der Waals surface area contributed by atoms with E-state index in [2.05, 4.69) is 11.9 Å². The minimum Gasteiger partial charge on any atom is -0.310 e. The fourth-order valence-electron chi connectivity index (χ4n) is 1.45. The van der Waals surface area contributed by atoms with E-state index in [1.54, 1.807) is 18.2 Å². The highest BCUT2D eigenvalue weighted by Crippen LogP contribution is 2.20. The summed E-state index contributed by atoms with van der Waals surface area (Å²) >= 11 is 5.93. The molecule has 0 spiro atoms. The van der Waals surface area contributed by atoms with E-state index in [-0.39, 0.29) is 11.9 Å². The number of likely N-dealkylation sites (N-methyl/N-ethyl adjacent to an activating group) is 1. The third-order valence-corrected chi connectivity index (χ3v) is 2.59. The van der Waals surface area contributed by atoms with Crippen molar-refractivity contribution in [2.75, 3.05) is 6.54 Å². The van der Waals surface area contributed by atoms with Crippen molar-refractivity contribution in [3.05, 3.63) is 47.3 Å². The van der Waals surface area contributed by atoms with Crippen molar-refractivity contribution in [3.8, 4) is 0 Å². The van der Waals surface area contributed by atoms with E-state index in [4.69, 9.17) is 11.6 Å². The number of nitrogens with one attached hydrogen (secondary N) is 1. The molecule has 0 aliphatic rings. The minimum atomic E-state index is -0.257. The zero-order valence-corrected chi connectivity index (χ0v) is 9.52. The third kappa shape index (κ3) is 3.33. The second kappa shape index (κ2) is 5.89. The summed E-state index contributed by atoms with van der Waals surface area (Å²) < 4.78 is 13.4. The lowest BCUT2D eigenvalue weighted by Crippen LogP contribution is -2.29. The number of halogens is 2. The number of hydrogen-bond donors (Lipinski definition) is 1. The monoisotopic (exact) mass is 227 g/mol. The molecule has 0 saturated carbocycles.